The Kier molecular flexibility index (Phi) is 7.90. The van der Waals surface area contributed by atoms with Gasteiger partial charge in [0.15, 0.2) is 0 Å². The highest BCUT2D eigenvalue weighted by Gasteiger charge is 2.39. The molecule has 1 aromatic rings. The summed E-state index contributed by atoms with van der Waals surface area (Å²) in [7, 11) is 0. The van der Waals surface area contributed by atoms with Crippen LogP contribution in [-0.4, -0.2) is 78.0 Å². The fraction of sp³-hybridized carbons (Fsp3) is 0.542. The Hall–Kier alpha value is -2.87. The summed E-state index contributed by atoms with van der Waals surface area (Å²) in [6.45, 7) is 10.7. The van der Waals surface area contributed by atoms with Crippen LogP contribution < -0.4 is 5.32 Å². The molecule has 0 radical (unpaired) electrons. The first-order valence-electron chi connectivity index (χ1n) is 11.5. The number of piperazine rings is 1. The SMILES string of the molecule is CCOC(=O)C1=C(CN2CCN(C(=O)CC)[C@@H](C)C2)N(CC)C(=O)N[C@@H]1c1ccccc1. The summed E-state index contributed by atoms with van der Waals surface area (Å²) < 4.78 is 5.42. The lowest BCUT2D eigenvalue weighted by Gasteiger charge is -2.42. The number of carbonyl (C=O) groups is 3. The number of nitrogens with one attached hydrogen (secondary N) is 1. The van der Waals surface area contributed by atoms with Crippen LogP contribution in [0.3, 0.4) is 0 Å². The average molecular weight is 443 g/mol. The topological polar surface area (TPSA) is 82.2 Å². The second-order valence-electron chi connectivity index (χ2n) is 8.14. The lowest BCUT2D eigenvalue weighted by Crippen LogP contribution is -2.56. The Morgan fingerprint density at radius 2 is 1.84 bits per heavy atom. The Morgan fingerprint density at radius 3 is 2.44 bits per heavy atom. The summed E-state index contributed by atoms with van der Waals surface area (Å²) in [4.78, 5) is 44.1. The molecule has 0 aromatic heterocycles. The molecule has 3 rings (SSSR count). The van der Waals surface area contributed by atoms with E-state index in [9.17, 15) is 14.4 Å². The van der Waals surface area contributed by atoms with Gasteiger partial charge in [-0.2, -0.15) is 0 Å². The first kappa shape index (κ1) is 23.8. The maximum atomic E-state index is 13.1. The first-order valence-corrected chi connectivity index (χ1v) is 11.5. The van der Waals surface area contributed by atoms with Crippen molar-refractivity contribution < 1.29 is 19.1 Å². The van der Waals surface area contributed by atoms with E-state index >= 15 is 0 Å². The third-order valence-electron chi connectivity index (χ3n) is 6.09. The quantitative estimate of drug-likeness (QED) is 0.657. The molecular formula is C24H34N4O4. The number of hydrogen-bond donors (Lipinski definition) is 1. The summed E-state index contributed by atoms with van der Waals surface area (Å²) >= 11 is 0. The minimum absolute atomic E-state index is 0.0697. The molecule has 3 amide bonds. The molecule has 2 heterocycles. The smallest absolute Gasteiger partial charge is 0.338 e. The van der Waals surface area contributed by atoms with Crippen molar-refractivity contribution in [3.63, 3.8) is 0 Å². The molecular weight excluding hydrogens is 408 g/mol. The first-order chi connectivity index (χ1) is 15.4. The third-order valence-corrected chi connectivity index (χ3v) is 6.09. The van der Waals surface area contributed by atoms with E-state index in [0.29, 0.717) is 50.4 Å². The third kappa shape index (κ3) is 4.96. The van der Waals surface area contributed by atoms with Crippen molar-refractivity contribution in [1.82, 2.24) is 20.0 Å². The fourth-order valence-electron chi connectivity index (χ4n) is 4.52. The number of rotatable bonds is 7. The predicted molar refractivity (Wildman–Crippen MR) is 122 cm³/mol. The Bertz CT molecular complexity index is 870. The maximum Gasteiger partial charge on any atom is 0.338 e. The largest absolute Gasteiger partial charge is 0.463 e. The van der Waals surface area contributed by atoms with E-state index in [1.807, 2.05) is 56.0 Å². The molecule has 1 N–H and O–H groups in total. The van der Waals surface area contributed by atoms with Crippen LogP contribution in [0, 0.1) is 0 Å². The number of hydrogen-bond acceptors (Lipinski definition) is 5. The molecule has 0 unspecified atom stereocenters. The number of urea groups is 1. The summed E-state index contributed by atoms with van der Waals surface area (Å²) in [6.07, 6.45) is 0.491. The lowest BCUT2D eigenvalue weighted by atomic mass is 9.94. The van der Waals surface area contributed by atoms with Crippen LogP contribution in [0.5, 0.6) is 0 Å². The number of nitrogens with zero attached hydrogens (tertiary/aromatic N) is 3. The summed E-state index contributed by atoms with van der Waals surface area (Å²) in [6, 6.07) is 8.77. The van der Waals surface area contributed by atoms with E-state index in [1.165, 1.54) is 0 Å². The molecule has 32 heavy (non-hydrogen) atoms. The number of esters is 1. The van der Waals surface area contributed by atoms with Crippen molar-refractivity contribution in [2.75, 3.05) is 39.3 Å². The van der Waals surface area contributed by atoms with Crippen molar-refractivity contribution in [1.29, 1.82) is 0 Å². The van der Waals surface area contributed by atoms with Crippen molar-refractivity contribution in [2.24, 2.45) is 0 Å². The number of benzene rings is 1. The molecule has 1 aromatic carbocycles. The molecule has 0 saturated carbocycles. The van der Waals surface area contributed by atoms with E-state index in [4.69, 9.17) is 4.74 Å². The molecule has 1 saturated heterocycles. The van der Waals surface area contributed by atoms with E-state index < -0.39 is 12.0 Å². The van der Waals surface area contributed by atoms with Crippen molar-refractivity contribution in [3.8, 4) is 0 Å². The van der Waals surface area contributed by atoms with E-state index in [1.54, 1.807) is 11.8 Å². The molecule has 8 nitrogen and oxygen atoms in total. The van der Waals surface area contributed by atoms with Crippen molar-refractivity contribution in [3.05, 3.63) is 47.2 Å². The van der Waals surface area contributed by atoms with Gasteiger partial charge in [0.1, 0.15) is 0 Å². The number of ether oxygens (including phenoxy) is 1. The molecule has 2 atom stereocenters. The molecule has 174 valence electrons. The van der Waals surface area contributed by atoms with Gasteiger partial charge in [0.25, 0.3) is 0 Å². The molecule has 2 aliphatic rings. The van der Waals surface area contributed by atoms with Gasteiger partial charge < -0.3 is 15.0 Å². The van der Waals surface area contributed by atoms with Gasteiger partial charge in [-0.3, -0.25) is 14.6 Å². The highest BCUT2D eigenvalue weighted by Crippen LogP contribution is 2.32. The Morgan fingerprint density at radius 1 is 1.12 bits per heavy atom. The summed E-state index contributed by atoms with van der Waals surface area (Å²) in [5, 5.41) is 2.99. The van der Waals surface area contributed by atoms with Crippen LogP contribution in [-0.2, 0) is 14.3 Å². The zero-order chi connectivity index (χ0) is 23.3. The Balaban J connectivity index is 1.97. The Labute approximate surface area is 190 Å². The van der Waals surface area contributed by atoms with Crippen molar-refractivity contribution >= 4 is 17.9 Å². The molecule has 8 heteroatoms. The highest BCUT2D eigenvalue weighted by atomic mass is 16.5. The number of carbonyl (C=O) groups excluding carboxylic acids is 3. The van der Waals surface area contributed by atoms with Crippen LogP contribution in [0.4, 0.5) is 4.79 Å². The monoisotopic (exact) mass is 442 g/mol. The second-order valence-corrected chi connectivity index (χ2v) is 8.14. The van der Waals surface area contributed by atoms with Gasteiger partial charge in [0, 0.05) is 50.9 Å². The van der Waals surface area contributed by atoms with Gasteiger partial charge in [-0.05, 0) is 26.3 Å². The van der Waals surface area contributed by atoms with Gasteiger partial charge in [-0.15, -0.1) is 0 Å². The fourth-order valence-corrected chi connectivity index (χ4v) is 4.52. The molecule has 0 spiro atoms. The van der Waals surface area contributed by atoms with Crippen molar-refractivity contribution in [2.45, 2.75) is 46.2 Å². The molecule has 2 aliphatic heterocycles. The van der Waals surface area contributed by atoms with E-state index in [0.717, 1.165) is 5.56 Å². The van der Waals surface area contributed by atoms with Gasteiger partial charge in [-0.1, -0.05) is 37.3 Å². The van der Waals surface area contributed by atoms with Gasteiger partial charge in [0.05, 0.1) is 18.2 Å². The van der Waals surface area contributed by atoms with Crippen LogP contribution in [0.2, 0.25) is 0 Å². The van der Waals surface area contributed by atoms with Crippen LogP contribution in [0.15, 0.2) is 41.6 Å². The summed E-state index contributed by atoms with van der Waals surface area (Å²) in [5.41, 5.74) is 1.98. The second kappa shape index (κ2) is 10.6. The number of likely N-dealkylation sites (N-methyl/N-ethyl adjacent to an activating group) is 1. The molecule has 0 bridgehead atoms. The normalized spacial score (nSPS) is 22.1. The van der Waals surface area contributed by atoms with Crippen LogP contribution >= 0.6 is 0 Å². The minimum Gasteiger partial charge on any atom is -0.463 e. The zero-order valence-electron chi connectivity index (χ0n) is 19.5. The zero-order valence-corrected chi connectivity index (χ0v) is 19.5. The standard InChI is InChI=1S/C24H34N4O4/c1-5-20(29)28-14-13-26(15-17(28)4)16-19-21(23(30)32-7-3)22(18-11-9-8-10-12-18)25-24(31)27(19)6-2/h8-12,17,22H,5-7,13-16H2,1-4H3,(H,25,31)/t17-,22+/m0/s1. The predicted octanol–water partition coefficient (Wildman–Crippen LogP) is 2.53. The van der Waals surface area contributed by atoms with Gasteiger partial charge >= 0.3 is 12.0 Å². The average Bonchev–Trinajstić information content (AvgIpc) is 2.79. The van der Waals surface area contributed by atoms with Crippen LogP contribution in [0.1, 0.15) is 45.7 Å². The lowest BCUT2D eigenvalue weighted by molar-refractivity contribution is -0.139. The highest BCUT2D eigenvalue weighted by molar-refractivity contribution is 5.95. The van der Waals surface area contributed by atoms with Gasteiger partial charge in [-0.25, -0.2) is 9.59 Å². The maximum absolute atomic E-state index is 13.1. The van der Waals surface area contributed by atoms with E-state index in [-0.39, 0.29) is 24.6 Å². The molecule has 0 aliphatic carbocycles. The van der Waals surface area contributed by atoms with E-state index in [2.05, 4.69) is 10.2 Å². The number of amides is 3. The van der Waals surface area contributed by atoms with Crippen LogP contribution in [0.25, 0.3) is 0 Å². The molecule has 1 fully saturated rings. The summed E-state index contributed by atoms with van der Waals surface area (Å²) in [5.74, 6) is -0.261. The minimum atomic E-state index is -0.569. The van der Waals surface area contributed by atoms with Gasteiger partial charge in [0.2, 0.25) is 5.91 Å².